The summed E-state index contributed by atoms with van der Waals surface area (Å²) in [6, 6.07) is 6.71. The number of hydrogen-bond donors (Lipinski definition) is 2. The van der Waals surface area contributed by atoms with E-state index >= 15 is 0 Å². The van der Waals surface area contributed by atoms with Gasteiger partial charge in [-0.05, 0) is 18.6 Å². The Bertz CT molecular complexity index is 842. The van der Waals surface area contributed by atoms with Gasteiger partial charge in [-0.2, -0.15) is 0 Å². The first-order valence-corrected chi connectivity index (χ1v) is 7.24. The molecule has 0 unspecified atom stereocenters. The molecule has 2 heterocycles. The lowest BCUT2D eigenvalue weighted by molar-refractivity contribution is -0.385. The minimum Gasteiger partial charge on any atom is -0.334 e. The maximum absolute atomic E-state index is 11.8. The van der Waals surface area contributed by atoms with E-state index in [4.69, 9.17) is 12.2 Å². The van der Waals surface area contributed by atoms with Gasteiger partial charge in [-0.1, -0.05) is 18.2 Å². The summed E-state index contributed by atoms with van der Waals surface area (Å²) in [5.74, 6) is 0. The van der Waals surface area contributed by atoms with Gasteiger partial charge in [0, 0.05) is 42.5 Å². The summed E-state index contributed by atoms with van der Waals surface area (Å²) in [6.07, 6.45) is 0.595. The molecule has 0 saturated heterocycles. The second-order valence-corrected chi connectivity index (χ2v) is 5.62. The van der Waals surface area contributed by atoms with Gasteiger partial charge in [-0.25, -0.2) is 0 Å². The van der Waals surface area contributed by atoms with Crippen molar-refractivity contribution in [2.24, 2.45) is 0 Å². The van der Waals surface area contributed by atoms with Gasteiger partial charge in [-0.3, -0.25) is 24.8 Å². The van der Waals surface area contributed by atoms with Crippen LogP contribution in [0.15, 0.2) is 29.1 Å². The number of para-hydroxylation sites is 1. The Morgan fingerprint density at radius 3 is 2.86 bits per heavy atom. The molecule has 1 aliphatic heterocycles. The topological polar surface area (TPSA) is 95.0 Å². The summed E-state index contributed by atoms with van der Waals surface area (Å²) < 4.78 is 0.302. The third kappa shape index (κ3) is 2.83. The molecule has 0 atom stereocenters. The maximum Gasteiger partial charge on any atom is 0.273 e. The number of H-pyrrole nitrogens is 2. The van der Waals surface area contributed by atoms with Gasteiger partial charge in [-0.15, -0.1) is 0 Å². The maximum atomic E-state index is 11.8. The summed E-state index contributed by atoms with van der Waals surface area (Å²) in [4.78, 5) is 30.2. The Morgan fingerprint density at radius 1 is 1.32 bits per heavy atom. The number of benzene rings is 1. The number of nitro groups is 1. The molecule has 0 aliphatic carbocycles. The first kappa shape index (κ1) is 14.6. The fourth-order valence-corrected chi connectivity index (χ4v) is 2.95. The van der Waals surface area contributed by atoms with Gasteiger partial charge in [0.2, 0.25) is 0 Å². The number of rotatable bonds is 3. The van der Waals surface area contributed by atoms with Crippen molar-refractivity contribution >= 4 is 17.9 Å². The third-order valence-electron chi connectivity index (χ3n) is 3.77. The number of hydrogen-bond acceptors (Lipinski definition) is 5. The average Bonchev–Trinajstić information content (AvgIpc) is 2.47. The van der Waals surface area contributed by atoms with Crippen molar-refractivity contribution in [2.45, 2.75) is 19.5 Å². The highest BCUT2D eigenvalue weighted by Crippen LogP contribution is 2.22. The normalized spacial score (nSPS) is 14.5. The third-order valence-corrected chi connectivity index (χ3v) is 3.98. The van der Waals surface area contributed by atoms with Crippen LogP contribution in [0, 0.1) is 14.9 Å². The lowest BCUT2D eigenvalue weighted by Gasteiger charge is -2.27. The van der Waals surface area contributed by atoms with Crippen molar-refractivity contribution in [1.82, 2.24) is 14.9 Å². The van der Waals surface area contributed by atoms with Gasteiger partial charge >= 0.3 is 0 Å². The predicted molar refractivity (Wildman–Crippen MR) is 83.2 cm³/mol. The number of nitrogens with zero attached hydrogens (tertiary/aromatic N) is 2. The SMILES string of the molecule is O=c1[nH]c(=S)[nH]c2c1CCN(Cc1ccccc1[N+](=O)[O-])C2. The second-order valence-electron chi connectivity index (χ2n) is 5.21. The molecule has 0 radical (unpaired) electrons. The Balaban J connectivity index is 1.86. The molecule has 1 aliphatic rings. The van der Waals surface area contributed by atoms with E-state index < -0.39 is 0 Å². The molecule has 114 valence electrons. The van der Waals surface area contributed by atoms with Crippen LogP contribution < -0.4 is 5.56 Å². The minimum atomic E-state index is -0.370. The van der Waals surface area contributed by atoms with E-state index in [1.54, 1.807) is 18.2 Å². The van der Waals surface area contributed by atoms with Gasteiger partial charge in [0.25, 0.3) is 11.2 Å². The molecule has 22 heavy (non-hydrogen) atoms. The van der Waals surface area contributed by atoms with Crippen LogP contribution in [-0.4, -0.2) is 26.3 Å². The molecule has 1 aromatic carbocycles. The zero-order valence-corrected chi connectivity index (χ0v) is 12.5. The standard InChI is InChI=1S/C14H14N4O3S/c19-13-10-5-6-17(8-11(10)15-14(22)16-13)7-9-3-1-2-4-12(9)18(20)21/h1-4H,5-8H2,(H2,15,16,19,22). The molecule has 3 rings (SSSR count). The van der Waals surface area contributed by atoms with Crippen molar-refractivity contribution in [3.05, 3.63) is 66.3 Å². The second kappa shape index (κ2) is 5.82. The Hall–Kier alpha value is -2.32. The lowest BCUT2D eigenvalue weighted by atomic mass is 10.1. The number of nitrogens with one attached hydrogen (secondary N) is 2. The Morgan fingerprint density at radius 2 is 2.09 bits per heavy atom. The molecule has 2 N–H and O–H groups in total. The fraction of sp³-hybridized carbons (Fsp3) is 0.286. The molecule has 1 aromatic heterocycles. The van der Waals surface area contributed by atoms with Crippen molar-refractivity contribution in [2.75, 3.05) is 6.54 Å². The Kier molecular flexibility index (Phi) is 3.86. The highest BCUT2D eigenvalue weighted by molar-refractivity contribution is 7.71. The van der Waals surface area contributed by atoms with Crippen LogP contribution in [0.1, 0.15) is 16.8 Å². The first-order chi connectivity index (χ1) is 10.5. The van der Waals surface area contributed by atoms with Crippen LogP contribution in [0.3, 0.4) is 0 Å². The summed E-state index contributed by atoms with van der Waals surface area (Å²) >= 11 is 4.99. The van der Waals surface area contributed by atoms with Crippen molar-refractivity contribution in [3.8, 4) is 0 Å². The molecular weight excluding hydrogens is 304 g/mol. The molecular formula is C14H14N4O3S. The summed E-state index contributed by atoms with van der Waals surface area (Å²) in [6.45, 7) is 1.66. The van der Waals surface area contributed by atoms with E-state index in [1.807, 2.05) is 0 Å². The van der Waals surface area contributed by atoms with Crippen LogP contribution >= 0.6 is 12.2 Å². The minimum absolute atomic E-state index is 0.118. The van der Waals surface area contributed by atoms with Gasteiger partial charge < -0.3 is 4.98 Å². The first-order valence-electron chi connectivity index (χ1n) is 6.83. The summed E-state index contributed by atoms with van der Waals surface area (Å²) in [5, 5.41) is 11.1. The smallest absolute Gasteiger partial charge is 0.273 e. The van der Waals surface area contributed by atoms with Gasteiger partial charge in [0.15, 0.2) is 4.77 Å². The van der Waals surface area contributed by atoms with Crippen LogP contribution in [-0.2, 0) is 19.5 Å². The van der Waals surface area contributed by atoms with E-state index in [9.17, 15) is 14.9 Å². The number of aromatic amines is 2. The Labute approximate surface area is 130 Å². The van der Waals surface area contributed by atoms with Crippen molar-refractivity contribution in [3.63, 3.8) is 0 Å². The zero-order valence-electron chi connectivity index (χ0n) is 11.7. The van der Waals surface area contributed by atoms with Crippen LogP contribution in [0.4, 0.5) is 5.69 Å². The summed E-state index contributed by atoms with van der Waals surface area (Å²) in [5.41, 5.74) is 2.14. The largest absolute Gasteiger partial charge is 0.334 e. The number of nitro benzene ring substituents is 1. The van der Waals surface area contributed by atoms with Crippen LogP contribution in [0.2, 0.25) is 0 Å². The molecule has 0 bridgehead atoms. The molecule has 8 heteroatoms. The number of fused-ring (bicyclic) bond motifs is 1. The van der Waals surface area contributed by atoms with Crippen LogP contribution in [0.5, 0.6) is 0 Å². The fourth-order valence-electron chi connectivity index (χ4n) is 2.73. The van der Waals surface area contributed by atoms with E-state index in [2.05, 4.69) is 14.9 Å². The summed E-state index contributed by atoms with van der Waals surface area (Å²) in [7, 11) is 0. The predicted octanol–water partition coefficient (Wildman–Crippen LogP) is 1.90. The zero-order chi connectivity index (χ0) is 15.7. The molecule has 7 nitrogen and oxygen atoms in total. The molecule has 0 amide bonds. The average molecular weight is 318 g/mol. The highest BCUT2D eigenvalue weighted by atomic mass is 32.1. The number of aromatic nitrogens is 2. The lowest BCUT2D eigenvalue weighted by Crippen LogP contribution is -2.35. The van der Waals surface area contributed by atoms with Crippen molar-refractivity contribution in [1.29, 1.82) is 0 Å². The quantitative estimate of drug-likeness (QED) is 0.512. The van der Waals surface area contributed by atoms with E-state index in [-0.39, 0.29) is 16.2 Å². The van der Waals surface area contributed by atoms with Gasteiger partial charge in [0.1, 0.15) is 0 Å². The van der Waals surface area contributed by atoms with Gasteiger partial charge in [0.05, 0.1) is 4.92 Å². The molecule has 0 fully saturated rings. The van der Waals surface area contributed by atoms with E-state index in [0.717, 1.165) is 5.69 Å². The van der Waals surface area contributed by atoms with Crippen LogP contribution in [0.25, 0.3) is 0 Å². The molecule has 2 aromatic rings. The van der Waals surface area contributed by atoms with E-state index in [1.165, 1.54) is 6.07 Å². The van der Waals surface area contributed by atoms with Crippen molar-refractivity contribution < 1.29 is 4.92 Å². The highest BCUT2D eigenvalue weighted by Gasteiger charge is 2.22. The van der Waals surface area contributed by atoms with E-state index in [0.29, 0.717) is 42.0 Å². The molecule has 0 saturated carbocycles. The molecule has 0 spiro atoms. The monoisotopic (exact) mass is 318 g/mol.